The molecular formula is C20H21BrFN3OS. The summed E-state index contributed by atoms with van der Waals surface area (Å²) in [6.07, 6.45) is 0. The lowest BCUT2D eigenvalue weighted by molar-refractivity contribution is 0.0983. The second-order valence-corrected chi connectivity index (χ2v) is 8.00. The highest BCUT2D eigenvalue weighted by Gasteiger charge is 2.22. The number of aromatic nitrogens is 1. The largest absolute Gasteiger partial charge is 0.302 e. The van der Waals surface area contributed by atoms with E-state index in [0.29, 0.717) is 22.8 Å². The maximum atomic E-state index is 14.1. The third-order valence-corrected chi connectivity index (χ3v) is 5.98. The van der Waals surface area contributed by atoms with Crippen molar-refractivity contribution in [2.75, 3.05) is 31.1 Å². The SMILES string of the molecule is CCN(CC)CCN(C(=O)c1cccc(Br)c1)c1nc2c(F)cccc2s1. The second kappa shape index (κ2) is 8.91. The Morgan fingerprint density at radius 2 is 1.89 bits per heavy atom. The number of amides is 1. The predicted octanol–water partition coefficient (Wildman–Crippen LogP) is 5.19. The van der Waals surface area contributed by atoms with E-state index in [4.69, 9.17) is 0 Å². The first kappa shape index (κ1) is 19.9. The molecule has 1 aromatic heterocycles. The minimum absolute atomic E-state index is 0.136. The van der Waals surface area contributed by atoms with E-state index in [0.717, 1.165) is 28.8 Å². The molecule has 0 aliphatic rings. The third kappa shape index (κ3) is 4.54. The van der Waals surface area contributed by atoms with Gasteiger partial charge >= 0.3 is 0 Å². The number of halogens is 2. The number of carbonyl (C=O) groups excluding carboxylic acids is 1. The molecular weight excluding hydrogens is 429 g/mol. The van der Waals surface area contributed by atoms with Crippen LogP contribution in [0.4, 0.5) is 9.52 Å². The standard InChI is InChI=1S/C20H21BrFN3OS/c1-3-24(4-2)11-12-25(19(26)14-7-5-8-15(21)13-14)20-23-18-16(22)9-6-10-17(18)27-20/h5-10,13H,3-4,11-12H2,1-2H3. The molecule has 7 heteroatoms. The van der Waals surface area contributed by atoms with Crippen LogP contribution in [0.3, 0.4) is 0 Å². The Bertz CT molecular complexity index is 942. The number of likely N-dealkylation sites (N-methyl/N-ethyl adjacent to an activating group) is 1. The number of anilines is 1. The van der Waals surface area contributed by atoms with Gasteiger partial charge < -0.3 is 4.90 Å². The van der Waals surface area contributed by atoms with Crippen molar-refractivity contribution in [2.45, 2.75) is 13.8 Å². The van der Waals surface area contributed by atoms with Crippen LogP contribution in [0, 0.1) is 5.82 Å². The molecule has 142 valence electrons. The molecule has 0 aliphatic carbocycles. The molecule has 3 rings (SSSR count). The Balaban J connectivity index is 1.97. The Morgan fingerprint density at radius 3 is 2.56 bits per heavy atom. The van der Waals surface area contributed by atoms with Crippen LogP contribution in [0.5, 0.6) is 0 Å². The van der Waals surface area contributed by atoms with Gasteiger partial charge in [0.1, 0.15) is 11.3 Å². The van der Waals surface area contributed by atoms with E-state index < -0.39 is 0 Å². The molecule has 27 heavy (non-hydrogen) atoms. The first-order valence-electron chi connectivity index (χ1n) is 8.88. The van der Waals surface area contributed by atoms with Gasteiger partial charge in [0.25, 0.3) is 5.91 Å². The van der Waals surface area contributed by atoms with Gasteiger partial charge in [0.05, 0.1) is 4.70 Å². The molecule has 0 unspecified atom stereocenters. The van der Waals surface area contributed by atoms with Crippen LogP contribution in [0.25, 0.3) is 10.2 Å². The van der Waals surface area contributed by atoms with Crippen molar-refractivity contribution in [2.24, 2.45) is 0 Å². The summed E-state index contributed by atoms with van der Waals surface area (Å²) in [6.45, 7) is 7.22. The zero-order valence-corrected chi connectivity index (χ0v) is 17.7. The van der Waals surface area contributed by atoms with Gasteiger partial charge in [-0.2, -0.15) is 0 Å². The average Bonchev–Trinajstić information content (AvgIpc) is 3.10. The highest BCUT2D eigenvalue weighted by molar-refractivity contribution is 9.10. The third-order valence-electron chi connectivity index (χ3n) is 4.44. The lowest BCUT2D eigenvalue weighted by Crippen LogP contribution is -2.38. The van der Waals surface area contributed by atoms with Gasteiger partial charge in [0, 0.05) is 23.1 Å². The fourth-order valence-corrected chi connectivity index (χ4v) is 4.27. The summed E-state index contributed by atoms with van der Waals surface area (Å²) in [7, 11) is 0. The van der Waals surface area contributed by atoms with Gasteiger partial charge in [-0.05, 0) is 43.4 Å². The summed E-state index contributed by atoms with van der Waals surface area (Å²) < 4.78 is 15.7. The van der Waals surface area contributed by atoms with Crippen molar-refractivity contribution in [3.8, 4) is 0 Å². The number of carbonyl (C=O) groups is 1. The maximum absolute atomic E-state index is 14.1. The Kier molecular flexibility index (Phi) is 6.57. The Hall–Kier alpha value is -1.83. The molecule has 0 aliphatic heterocycles. The number of benzene rings is 2. The maximum Gasteiger partial charge on any atom is 0.260 e. The summed E-state index contributed by atoms with van der Waals surface area (Å²) in [4.78, 5) is 21.5. The van der Waals surface area contributed by atoms with Gasteiger partial charge in [-0.15, -0.1) is 0 Å². The highest BCUT2D eigenvalue weighted by atomic mass is 79.9. The fourth-order valence-electron chi connectivity index (χ4n) is 2.86. The predicted molar refractivity (Wildman–Crippen MR) is 113 cm³/mol. The van der Waals surface area contributed by atoms with Crippen molar-refractivity contribution >= 4 is 48.5 Å². The van der Waals surface area contributed by atoms with Gasteiger partial charge in [0.2, 0.25) is 0 Å². The van der Waals surface area contributed by atoms with Crippen molar-refractivity contribution in [3.05, 3.63) is 58.3 Å². The van der Waals surface area contributed by atoms with Crippen LogP contribution in [0.15, 0.2) is 46.9 Å². The lowest BCUT2D eigenvalue weighted by atomic mass is 10.2. The van der Waals surface area contributed by atoms with Crippen molar-refractivity contribution < 1.29 is 9.18 Å². The summed E-state index contributed by atoms with van der Waals surface area (Å²) >= 11 is 4.75. The van der Waals surface area contributed by atoms with E-state index >= 15 is 0 Å². The zero-order chi connectivity index (χ0) is 19.4. The normalized spacial score (nSPS) is 11.3. The van der Waals surface area contributed by atoms with Crippen LogP contribution in [-0.2, 0) is 0 Å². The molecule has 4 nitrogen and oxygen atoms in total. The molecule has 0 N–H and O–H groups in total. The van der Waals surface area contributed by atoms with Crippen LogP contribution in [-0.4, -0.2) is 42.0 Å². The molecule has 2 aromatic carbocycles. The molecule has 0 saturated carbocycles. The molecule has 0 bridgehead atoms. The van der Waals surface area contributed by atoms with Crippen LogP contribution < -0.4 is 4.90 Å². The quantitative estimate of drug-likeness (QED) is 0.498. The number of rotatable bonds is 7. The van der Waals surface area contributed by atoms with Crippen LogP contribution >= 0.6 is 27.3 Å². The van der Waals surface area contributed by atoms with E-state index in [-0.39, 0.29) is 11.7 Å². The van der Waals surface area contributed by atoms with Gasteiger partial charge in [-0.3, -0.25) is 9.69 Å². The number of nitrogens with zero attached hydrogens (tertiary/aromatic N) is 3. The van der Waals surface area contributed by atoms with E-state index in [2.05, 4.69) is 39.7 Å². The Labute approximate surface area is 170 Å². The molecule has 0 saturated heterocycles. The first-order valence-corrected chi connectivity index (χ1v) is 10.5. The zero-order valence-electron chi connectivity index (χ0n) is 15.3. The van der Waals surface area contributed by atoms with E-state index in [1.165, 1.54) is 17.4 Å². The topological polar surface area (TPSA) is 36.4 Å². The number of fused-ring (bicyclic) bond motifs is 1. The Morgan fingerprint density at radius 1 is 1.15 bits per heavy atom. The van der Waals surface area contributed by atoms with Crippen molar-refractivity contribution in [3.63, 3.8) is 0 Å². The second-order valence-electron chi connectivity index (χ2n) is 6.08. The molecule has 1 amide bonds. The van der Waals surface area contributed by atoms with Crippen LogP contribution in [0.1, 0.15) is 24.2 Å². The van der Waals surface area contributed by atoms with E-state index in [1.807, 2.05) is 18.2 Å². The summed E-state index contributed by atoms with van der Waals surface area (Å²) in [5, 5.41) is 0.521. The van der Waals surface area contributed by atoms with E-state index in [9.17, 15) is 9.18 Å². The molecule has 0 spiro atoms. The first-order chi connectivity index (χ1) is 13.0. The monoisotopic (exact) mass is 449 g/mol. The van der Waals surface area contributed by atoms with Gasteiger partial charge in [-0.25, -0.2) is 9.37 Å². The van der Waals surface area contributed by atoms with Crippen molar-refractivity contribution in [1.82, 2.24) is 9.88 Å². The smallest absolute Gasteiger partial charge is 0.260 e. The minimum Gasteiger partial charge on any atom is -0.302 e. The molecule has 1 heterocycles. The van der Waals surface area contributed by atoms with Gasteiger partial charge in [-0.1, -0.05) is 53.2 Å². The summed E-state index contributed by atoms with van der Waals surface area (Å²) in [6, 6.07) is 12.2. The van der Waals surface area contributed by atoms with Crippen LogP contribution in [0.2, 0.25) is 0 Å². The number of hydrogen-bond acceptors (Lipinski definition) is 4. The fraction of sp³-hybridized carbons (Fsp3) is 0.300. The van der Waals surface area contributed by atoms with Crippen molar-refractivity contribution in [1.29, 1.82) is 0 Å². The summed E-state index contributed by atoms with van der Waals surface area (Å²) in [5.41, 5.74) is 0.885. The number of thiazole rings is 1. The molecule has 3 aromatic rings. The highest BCUT2D eigenvalue weighted by Crippen LogP contribution is 2.31. The summed E-state index contributed by atoms with van der Waals surface area (Å²) in [5.74, 6) is -0.503. The minimum atomic E-state index is -0.367. The lowest BCUT2D eigenvalue weighted by Gasteiger charge is -2.24. The number of hydrogen-bond donors (Lipinski definition) is 0. The number of para-hydroxylation sites is 1. The molecule has 0 atom stereocenters. The molecule has 0 fully saturated rings. The van der Waals surface area contributed by atoms with Gasteiger partial charge in [0.15, 0.2) is 5.13 Å². The average molecular weight is 450 g/mol. The molecule has 0 radical (unpaired) electrons. The van der Waals surface area contributed by atoms with E-state index in [1.54, 1.807) is 23.1 Å².